The summed E-state index contributed by atoms with van der Waals surface area (Å²) in [5.74, 6) is -5.12. The second kappa shape index (κ2) is 5.52. The predicted molar refractivity (Wildman–Crippen MR) is 82.9 cm³/mol. The van der Waals surface area contributed by atoms with Crippen LogP contribution in [0.15, 0.2) is 10.6 Å². The summed E-state index contributed by atoms with van der Waals surface area (Å²) in [6, 6.07) is 0.331. The average Bonchev–Trinajstić information content (AvgIpc) is 2.90. The van der Waals surface area contributed by atoms with E-state index in [-0.39, 0.29) is 17.7 Å². The minimum atomic E-state index is -2.81. The van der Waals surface area contributed by atoms with E-state index in [0.717, 1.165) is 0 Å². The van der Waals surface area contributed by atoms with E-state index in [9.17, 15) is 17.6 Å². The average molecular weight is 372 g/mol. The van der Waals surface area contributed by atoms with Gasteiger partial charge < -0.3 is 15.2 Å². The Morgan fingerprint density at radius 3 is 2.08 bits per heavy atom. The lowest BCUT2D eigenvalue weighted by atomic mass is 9.80. The van der Waals surface area contributed by atoms with E-state index >= 15 is 0 Å². The Balaban J connectivity index is 1.68. The Kier molecular flexibility index (Phi) is 3.60. The molecule has 2 heterocycles. The summed E-state index contributed by atoms with van der Waals surface area (Å²) < 4.78 is 58.4. The number of hydrogen-bond donors (Lipinski definition) is 1. The van der Waals surface area contributed by atoms with Crippen molar-refractivity contribution < 1.29 is 22.1 Å². The van der Waals surface area contributed by atoms with Gasteiger partial charge in [0.1, 0.15) is 5.76 Å². The van der Waals surface area contributed by atoms with E-state index in [0.29, 0.717) is 11.5 Å². The van der Waals surface area contributed by atoms with Gasteiger partial charge in [0.05, 0.1) is 0 Å². The standard InChI is InChI=1S/C15H16F4N6O/c1-7-2-10(24-26-7)11-21-12(20)23-13(22-11)25(8-3-14(16,17)4-8)9-5-15(18,19)6-9/h2,8-9H,3-6H2,1H3,(H2,20,21,22,23). The van der Waals surface area contributed by atoms with Crippen molar-refractivity contribution in [1.82, 2.24) is 20.1 Å². The molecule has 11 heteroatoms. The third kappa shape index (κ3) is 3.06. The van der Waals surface area contributed by atoms with Gasteiger partial charge >= 0.3 is 0 Å². The Labute approximate surface area is 145 Å². The van der Waals surface area contributed by atoms with Crippen LogP contribution in [-0.2, 0) is 0 Å². The zero-order valence-electron chi connectivity index (χ0n) is 13.8. The van der Waals surface area contributed by atoms with Crippen molar-refractivity contribution in [3.8, 4) is 11.5 Å². The van der Waals surface area contributed by atoms with E-state index in [2.05, 4.69) is 20.1 Å². The molecule has 140 valence electrons. The monoisotopic (exact) mass is 372 g/mol. The third-order valence-electron chi connectivity index (χ3n) is 4.65. The topological polar surface area (TPSA) is 94.0 Å². The van der Waals surface area contributed by atoms with Crippen LogP contribution in [0.3, 0.4) is 0 Å². The minimum Gasteiger partial charge on any atom is -0.368 e. The summed E-state index contributed by atoms with van der Waals surface area (Å²) in [6.07, 6.45) is -1.73. The van der Waals surface area contributed by atoms with Crippen molar-refractivity contribution in [3.05, 3.63) is 11.8 Å². The SMILES string of the molecule is Cc1cc(-c2nc(N)nc(N(C3CC(F)(F)C3)C3CC(F)(F)C3)n2)no1. The second-order valence-electron chi connectivity index (χ2n) is 6.88. The molecule has 4 rings (SSSR count). The highest BCUT2D eigenvalue weighted by molar-refractivity contribution is 5.54. The number of nitrogens with zero attached hydrogens (tertiary/aromatic N) is 5. The number of anilines is 2. The molecule has 2 aromatic rings. The quantitative estimate of drug-likeness (QED) is 0.825. The van der Waals surface area contributed by atoms with Crippen LogP contribution >= 0.6 is 0 Å². The fourth-order valence-electron chi connectivity index (χ4n) is 3.36. The Morgan fingerprint density at radius 2 is 1.62 bits per heavy atom. The maximum absolute atomic E-state index is 13.4. The molecular weight excluding hydrogens is 356 g/mol. The van der Waals surface area contributed by atoms with Crippen molar-refractivity contribution in [1.29, 1.82) is 0 Å². The van der Waals surface area contributed by atoms with Gasteiger partial charge in [-0.2, -0.15) is 15.0 Å². The molecule has 2 aromatic heterocycles. The summed E-state index contributed by atoms with van der Waals surface area (Å²) >= 11 is 0. The van der Waals surface area contributed by atoms with Gasteiger partial charge in [-0.25, -0.2) is 17.6 Å². The number of halogens is 4. The first-order chi connectivity index (χ1) is 12.1. The summed E-state index contributed by atoms with van der Waals surface area (Å²) in [5.41, 5.74) is 6.03. The van der Waals surface area contributed by atoms with Crippen molar-refractivity contribution in [2.45, 2.75) is 56.5 Å². The maximum atomic E-state index is 13.4. The number of aromatic nitrogens is 4. The predicted octanol–water partition coefficient (Wildman–Crippen LogP) is 2.82. The molecule has 7 nitrogen and oxygen atoms in total. The van der Waals surface area contributed by atoms with Gasteiger partial charge in [-0.15, -0.1) is 0 Å². The number of nitrogens with two attached hydrogens (primary N) is 1. The molecule has 0 saturated heterocycles. The summed E-state index contributed by atoms with van der Waals surface area (Å²) in [7, 11) is 0. The van der Waals surface area contributed by atoms with E-state index in [1.807, 2.05) is 0 Å². The van der Waals surface area contributed by atoms with Crippen LogP contribution in [0.2, 0.25) is 0 Å². The fraction of sp³-hybridized carbons (Fsp3) is 0.600. The molecule has 2 aliphatic rings. The first-order valence-electron chi connectivity index (χ1n) is 8.11. The molecular formula is C15H16F4N6O. The van der Waals surface area contributed by atoms with Crippen LogP contribution in [0.5, 0.6) is 0 Å². The smallest absolute Gasteiger partial charge is 0.252 e. The van der Waals surface area contributed by atoms with Crippen LogP contribution in [0, 0.1) is 6.92 Å². The zero-order chi connectivity index (χ0) is 18.7. The highest BCUT2D eigenvalue weighted by atomic mass is 19.3. The van der Waals surface area contributed by atoms with Crippen LogP contribution in [0.25, 0.3) is 11.5 Å². The van der Waals surface area contributed by atoms with E-state index in [1.54, 1.807) is 13.0 Å². The maximum Gasteiger partial charge on any atom is 0.252 e. The molecule has 0 amide bonds. The van der Waals surface area contributed by atoms with Gasteiger partial charge in [0.25, 0.3) is 11.8 Å². The van der Waals surface area contributed by atoms with Crippen molar-refractivity contribution >= 4 is 11.9 Å². The third-order valence-corrected chi connectivity index (χ3v) is 4.65. The molecule has 0 unspecified atom stereocenters. The molecule has 2 N–H and O–H groups in total. The molecule has 26 heavy (non-hydrogen) atoms. The fourth-order valence-corrected chi connectivity index (χ4v) is 3.36. The molecule has 0 aliphatic heterocycles. The highest BCUT2D eigenvalue weighted by Crippen LogP contribution is 2.48. The van der Waals surface area contributed by atoms with Gasteiger partial charge in [0, 0.05) is 43.8 Å². The number of rotatable bonds is 4. The Bertz CT molecular complexity index is 801. The number of nitrogen functional groups attached to an aromatic ring is 1. The Morgan fingerprint density at radius 1 is 1.04 bits per heavy atom. The van der Waals surface area contributed by atoms with Crippen LogP contribution in [-0.4, -0.2) is 44.0 Å². The first kappa shape index (κ1) is 17.0. The van der Waals surface area contributed by atoms with Gasteiger partial charge in [-0.05, 0) is 6.92 Å². The van der Waals surface area contributed by atoms with Crippen LogP contribution < -0.4 is 10.6 Å². The summed E-state index contributed by atoms with van der Waals surface area (Å²) in [4.78, 5) is 13.6. The summed E-state index contributed by atoms with van der Waals surface area (Å²) in [5, 5.41) is 3.79. The van der Waals surface area contributed by atoms with Gasteiger partial charge in [0.15, 0.2) is 11.5 Å². The zero-order valence-corrected chi connectivity index (χ0v) is 13.8. The molecule has 2 fully saturated rings. The normalized spacial score (nSPS) is 21.9. The largest absolute Gasteiger partial charge is 0.368 e. The lowest BCUT2D eigenvalue weighted by Gasteiger charge is -2.50. The first-order valence-corrected chi connectivity index (χ1v) is 8.11. The molecule has 0 atom stereocenters. The van der Waals surface area contributed by atoms with E-state index in [4.69, 9.17) is 10.3 Å². The number of hydrogen-bond acceptors (Lipinski definition) is 7. The minimum absolute atomic E-state index is 0.00848. The second-order valence-corrected chi connectivity index (χ2v) is 6.88. The molecule has 0 radical (unpaired) electrons. The summed E-state index contributed by atoms with van der Waals surface area (Å²) in [6.45, 7) is 1.68. The van der Waals surface area contributed by atoms with Crippen molar-refractivity contribution in [2.24, 2.45) is 0 Å². The number of aryl methyl sites for hydroxylation is 1. The van der Waals surface area contributed by atoms with E-state index in [1.165, 1.54) is 4.90 Å². The van der Waals surface area contributed by atoms with Gasteiger partial charge in [0.2, 0.25) is 11.9 Å². The van der Waals surface area contributed by atoms with Crippen LogP contribution in [0.4, 0.5) is 29.5 Å². The Hall–Kier alpha value is -2.46. The van der Waals surface area contributed by atoms with Gasteiger partial charge in [-0.1, -0.05) is 5.16 Å². The molecule has 0 aromatic carbocycles. The molecule has 2 saturated carbocycles. The lowest BCUT2D eigenvalue weighted by Crippen LogP contribution is -2.60. The number of alkyl halides is 4. The van der Waals surface area contributed by atoms with Gasteiger partial charge in [-0.3, -0.25) is 0 Å². The highest BCUT2D eigenvalue weighted by Gasteiger charge is 2.55. The van der Waals surface area contributed by atoms with Crippen molar-refractivity contribution in [2.75, 3.05) is 10.6 Å². The van der Waals surface area contributed by atoms with Crippen LogP contribution in [0.1, 0.15) is 31.4 Å². The molecule has 0 spiro atoms. The van der Waals surface area contributed by atoms with Crippen molar-refractivity contribution in [3.63, 3.8) is 0 Å². The molecule has 2 aliphatic carbocycles. The molecule has 0 bridgehead atoms. The van der Waals surface area contributed by atoms with E-state index < -0.39 is 49.6 Å². The lowest BCUT2D eigenvalue weighted by molar-refractivity contribution is -0.111.